The van der Waals surface area contributed by atoms with Gasteiger partial charge in [-0.2, -0.15) is 0 Å². The minimum absolute atomic E-state index is 0.00581. The van der Waals surface area contributed by atoms with Crippen LogP contribution in [0.1, 0.15) is 29.6 Å². The van der Waals surface area contributed by atoms with E-state index in [4.69, 9.17) is 9.47 Å². The third kappa shape index (κ3) is 2.90. The van der Waals surface area contributed by atoms with E-state index in [0.29, 0.717) is 18.8 Å². The van der Waals surface area contributed by atoms with Crippen molar-refractivity contribution in [1.82, 2.24) is 25.1 Å². The number of piperidine rings is 1. The Morgan fingerprint density at radius 2 is 2.08 bits per heavy atom. The molecule has 2 aliphatic heterocycles. The van der Waals surface area contributed by atoms with Crippen molar-refractivity contribution >= 4 is 5.91 Å². The summed E-state index contributed by atoms with van der Waals surface area (Å²) in [6.07, 6.45) is 4.19. The molecule has 1 atom stereocenters. The molecule has 1 aromatic heterocycles. The molecule has 1 aromatic carbocycles. The fourth-order valence-corrected chi connectivity index (χ4v) is 3.32. The number of ether oxygens (including phenoxy) is 2. The molecular weight excluding hydrogens is 310 g/mol. The second-order valence-corrected chi connectivity index (χ2v) is 5.98. The molecule has 8 nitrogen and oxygen atoms in total. The summed E-state index contributed by atoms with van der Waals surface area (Å²) >= 11 is 0. The van der Waals surface area contributed by atoms with Crippen LogP contribution in [0.15, 0.2) is 30.6 Å². The average Bonchev–Trinajstić information content (AvgIpc) is 3.35. The lowest BCUT2D eigenvalue weighted by Crippen LogP contribution is -2.50. The van der Waals surface area contributed by atoms with Crippen molar-refractivity contribution in [3.8, 4) is 5.69 Å². The number of amides is 1. The number of hydrogen-bond donors (Lipinski definition) is 0. The van der Waals surface area contributed by atoms with Crippen molar-refractivity contribution in [3.05, 3.63) is 36.2 Å². The number of tetrazole rings is 1. The highest BCUT2D eigenvalue weighted by Gasteiger charge is 2.36. The third-order valence-electron chi connectivity index (χ3n) is 4.48. The van der Waals surface area contributed by atoms with Crippen LogP contribution >= 0.6 is 0 Å². The molecule has 0 aliphatic carbocycles. The molecule has 0 saturated carbocycles. The van der Waals surface area contributed by atoms with Crippen molar-refractivity contribution in [1.29, 1.82) is 0 Å². The van der Waals surface area contributed by atoms with Crippen molar-refractivity contribution in [2.24, 2.45) is 0 Å². The van der Waals surface area contributed by atoms with Crippen LogP contribution in [0.3, 0.4) is 0 Å². The first kappa shape index (κ1) is 15.2. The van der Waals surface area contributed by atoms with E-state index in [9.17, 15) is 4.79 Å². The Hall–Kier alpha value is -2.32. The zero-order valence-corrected chi connectivity index (χ0v) is 13.2. The number of carbonyl (C=O) groups excluding carboxylic acids is 1. The molecule has 3 heterocycles. The van der Waals surface area contributed by atoms with Gasteiger partial charge in [0.25, 0.3) is 5.91 Å². The molecular formula is C16H19N5O3. The normalized spacial score (nSPS) is 22.0. The summed E-state index contributed by atoms with van der Waals surface area (Å²) in [6, 6.07) is 7.31. The van der Waals surface area contributed by atoms with Crippen molar-refractivity contribution < 1.29 is 14.3 Å². The van der Waals surface area contributed by atoms with Gasteiger partial charge in [-0.25, -0.2) is 4.68 Å². The van der Waals surface area contributed by atoms with Crippen LogP contribution in [-0.4, -0.2) is 63.1 Å². The van der Waals surface area contributed by atoms with Gasteiger partial charge in [0.1, 0.15) is 6.33 Å². The zero-order valence-electron chi connectivity index (χ0n) is 13.2. The number of likely N-dealkylation sites (tertiary alicyclic amines) is 1. The van der Waals surface area contributed by atoms with Crippen molar-refractivity contribution in [2.45, 2.75) is 31.6 Å². The molecule has 1 amide bonds. The van der Waals surface area contributed by atoms with Crippen molar-refractivity contribution in [3.63, 3.8) is 0 Å². The highest BCUT2D eigenvalue weighted by Crippen LogP contribution is 2.26. The summed E-state index contributed by atoms with van der Waals surface area (Å²) in [6.45, 7) is 1.91. The highest BCUT2D eigenvalue weighted by molar-refractivity contribution is 5.95. The Balaban J connectivity index is 1.58. The van der Waals surface area contributed by atoms with E-state index < -0.39 is 0 Å². The highest BCUT2D eigenvalue weighted by atomic mass is 16.7. The Kier molecular flexibility index (Phi) is 4.22. The van der Waals surface area contributed by atoms with Crippen molar-refractivity contribution in [2.75, 3.05) is 19.8 Å². The van der Waals surface area contributed by atoms with Gasteiger partial charge in [0, 0.05) is 12.1 Å². The minimum Gasteiger partial charge on any atom is -0.348 e. The summed E-state index contributed by atoms with van der Waals surface area (Å²) in [4.78, 5) is 14.9. The summed E-state index contributed by atoms with van der Waals surface area (Å²) in [7, 11) is 0. The lowest BCUT2D eigenvalue weighted by molar-refractivity contribution is -0.100. The lowest BCUT2D eigenvalue weighted by atomic mass is 10.00. The molecule has 0 radical (unpaired) electrons. The molecule has 2 aliphatic rings. The molecule has 0 N–H and O–H groups in total. The van der Waals surface area contributed by atoms with Gasteiger partial charge in [0.2, 0.25) is 0 Å². The molecule has 2 saturated heterocycles. The van der Waals surface area contributed by atoms with E-state index >= 15 is 0 Å². The molecule has 126 valence electrons. The zero-order chi connectivity index (χ0) is 16.4. The van der Waals surface area contributed by atoms with Crippen LogP contribution in [-0.2, 0) is 9.47 Å². The van der Waals surface area contributed by atoms with Gasteiger partial charge in [0.05, 0.1) is 24.9 Å². The molecule has 2 aromatic rings. The maximum atomic E-state index is 13.0. The smallest absolute Gasteiger partial charge is 0.254 e. The first-order chi connectivity index (χ1) is 11.8. The van der Waals surface area contributed by atoms with Gasteiger partial charge < -0.3 is 14.4 Å². The minimum atomic E-state index is -0.308. The fourth-order valence-electron chi connectivity index (χ4n) is 3.32. The van der Waals surface area contributed by atoms with Gasteiger partial charge in [-0.3, -0.25) is 4.79 Å². The first-order valence-electron chi connectivity index (χ1n) is 8.20. The van der Waals surface area contributed by atoms with E-state index in [1.165, 1.54) is 11.0 Å². The number of benzene rings is 1. The Labute approximate surface area is 139 Å². The summed E-state index contributed by atoms with van der Waals surface area (Å²) in [5, 5.41) is 11.1. The average molecular weight is 329 g/mol. The molecule has 24 heavy (non-hydrogen) atoms. The molecule has 8 heteroatoms. The number of carbonyl (C=O) groups is 1. The van der Waals surface area contributed by atoms with Gasteiger partial charge >= 0.3 is 0 Å². The largest absolute Gasteiger partial charge is 0.348 e. The van der Waals surface area contributed by atoms with Crippen LogP contribution < -0.4 is 0 Å². The Morgan fingerprint density at radius 1 is 1.21 bits per heavy atom. The summed E-state index contributed by atoms with van der Waals surface area (Å²) < 4.78 is 12.8. The molecule has 2 fully saturated rings. The standard InChI is InChI=1S/C16H19N5O3/c22-15(12-4-3-5-13(10-12)21-11-17-18-19-21)20-7-2-1-6-14(20)16-23-8-9-24-16/h3-5,10-11,14,16H,1-2,6-9H2/t14-/m0/s1. The van der Waals surface area contributed by atoms with Crippen LogP contribution in [0.4, 0.5) is 0 Å². The molecule has 0 unspecified atom stereocenters. The third-order valence-corrected chi connectivity index (χ3v) is 4.48. The second kappa shape index (κ2) is 6.66. The quantitative estimate of drug-likeness (QED) is 0.836. The number of nitrogens with zero attached hydrogens (tertiary/aromatic N) is 5. The molecule has 0 spiro atoms. The van der Waals surface area contributed by atoms with E-state index in [1.54, 1.807) is 6.07 Å². The van der Waals surface area contributed by atoms with E-state index in [-0.39, 0.29) is 18.2 Å². The van der Waals surface area contributed by atoms with E-state index in [1.807, 2.05) is 23.1 Å². The van der Waals surface area contributed by atoms with Crippen LogP contribution in [0.2, 0.25) is 0 Å². The SMILES string of the molecule is O=C(c1cccc(-n2cnnn2)c1)N1CCCC[C@H]1C1OCCO1. The number of hydrogen-bond acceptors (Lipinski definition) is 6. The maximum Gasteiger partial charge on any atom is 0.254 e. The topological polar surface area (TPSA) is 82.4 Å². The number of rotatable bonds is 3. The summed E-state index contributed by atoms with van der Waals surface area (Å²) in [5.74, 6) is -0.00581. The van der Waals surface area contributed by atoms with Gasteiger partial charge in [-0.15, -0.1) is 5.10 Å². The fraction of sp³-hybridized carbons (Fsp3) is 0.500. The Morgan fingerprint density at radius 3 is 2.88 bits per heavy atom. The maximum absolute atomic E-state index is 13.0. The monoisotopic (exact) mass is 329 g/mol. The van der Waals surface area contributed by atoms with Crippen LogP contribution in [0, 0.1) is 0 Å². The van der Waals surface area contributed by atoms with Gasteiger partial charge in [-0.1, -0.05) is 6.07 Å². The molecule has 4 rings (SSSR count). The van der Waals surface area contributed by atoms with Crippen LogP contribution in [0.5, 0.6) is 0 Å². The molecule has 0 bridgehead atoms. The van der Waals surface area contributed by atoms with Gasteiger partial charge in [0.15, 0.2) is 6.29 Å². The van der Waals surface area contributed by atoms with Crippen LogP contribution in [0.25, 0.3) is 5.69 Å². The summed E-state index contributed by atoms with van der Waals surface area (Å²) in [5.41, 5.74) is 1.38. The van der Waals surface area contributed by atoms with E-state index in [2.05, 4.69) is 15.5 Å². The Bertz CT molecular complexity index is 699. The number of aromatic nitrogens is 4. The van der Waals surface area contributed by atoms with Gasteiger partial charge in [-0.05, 0) is 47.9 Å². The predicted octanol–water partition coefficient (Wildman–Crippen LogP) is 1.03. The lowest BCUT2D eigenvalue weighted by Gasteiger charge is -2.38. The predicted molar refractivity (Wildman–Crippen MR) is 83.5 cm³/mol. The first-order valence-corrected chi connectivity index (χ1v) is 8.20. The second-order valence-electron chi connectivity index (χ2n) is 5.98. The van der Waals surface area contributed by atoms with E-state index in [0.717, 1.165) is 31.5 Å².